The molecule has 1 aromatic carbocycles. The molecule has 1 unspecified atom stereocenters. The Labute approximate surface area is 115 Å². The fraction of sp³-hybridized carbons (Fsp3) is 0.500. The van der Waals surface area contributed by atoms with E-state index in [9.17, 15) is 0 Å². The van der Waals surface area contributed by atoms with Gasteiger partial charge >= 0.3 is 0 Å². The first-order valence-electron chi connectivity index (χ1n) is 6.94. The molecule has 0 bridgehead atoms. The van der Waals surface area contributed by atoms with E-state index in [0.717, 1.165) is 38.0 Å². The van der Waals surface area contributed by atoms with Gasteiger partial charge in [-0.1, -0.05) is 12.1 Å². The normalized spacial score (nSPS) is 16.4. The van der Waals surface area contributed by atoms with E-state index in [1.807, 2.05) is 25.4 Å². The molecule has 0 amide bonds. The average Bonchev–Trinajstić information content (AvgIpc) is 2.49. The van der Waals surface area contributed by atoms with Crippen molar-refractivity contribution in [3.63, 3.8) is 0 Å². The Kier molecular flexibility index (Phi) is 5.28. The van der Waals surface area contributed by atoms with Crippen molar-refractivity contribution in [2.45, 2.75) is 31.7 Å². The van der Waals surface area contributed by atoms with Gasteiger partial charge in [0.15, 0.2) is 0 Å². The maximum Gasteiger partial charge on any atom is 0.118 e. The van der Waals surface area contributed by atoms with Crippen molar-refractivity contribution in [1.29, 1.82) is 0 Å². The maximum absolute atomic E-state index is 5.43. The molecule has 0 fully saturated rings. The first-order valence-corrected chi connectivity index (χ1v) is 6.94. The van der Waals surface area contributed by atoms with Crippen molar-refractivity contribution in [2.24, 2.45) is 0 Å². The SMILES string of the molecule is CNC(CCc1ccc(OC)cc1)C1=COCCC1. The van der Waals surface area contributed by atoms with Gasteiger partial charge in [-0.2, -0.15) is 0 Å². The monoisotopic (exact) mass is 261 g/mol. The molecule has 0 spiro atoms. The molecule has 1 N–H and O–H groups in total. The van der Waals surface area contributed by atoms with Crippen LogP contribution < -0.4 is 10.1 Å². The van der Waals surface area contributed by atoms with Gasteiger partial charge in [0.25, 0.3) is 0 Å². The number of methoxy groups -OCH3 is 1. The van der Waals surface area contributed by atoms with Crippen LogP contribution in [-0.2, 0) is 11.2 Å². The number of likely N-dealkylation sites (N-methyl/N-ethyl adjacent to an activating group) is 1. The van der Waals surface area contributed by atoms with Crippen LogP contribution in [0.1, 0.15) is 24.8 Å². The summed E-state index contributed by atoms with van der Waals surface area (Å²) in [5.41, 5.74) is 2.74. The minimum Gasteiger partial charge on any atom is -0.501 e. The number of hydrogen-bond donors (Lipinski definition) is 1. The third-order valence-electron chi connectivity index (χ3n) is 3.64. The van der Waals surface area contributed by atoms with E-state index in [1.54, 1.807) is 7.11 Å². The van der Waals surface area contributed by atoms with Crippen LogP contribution in [0.15, 0.2) is 36.1 Å². The van der Waals surface area contributed by atoms with Crippen LogP contribution in [0.5, 0.6) is 5.75 Å². The predicted octanol–water partition coefficient (Wildman–Crippen LogP) is 2.91. The molecule has 2 rings (SSSR count). The number of rotatable bonds is 6. The Balaban J connectivity index is 1.89. The fourth-order valence-corrected chi connectivity index (χ4v) is 2.46. The second kappa shape index (κ2) is 7.19. The van der Waals surface area contributed by atoms with Gasteiger partial charge in [0, 0.05) is 6.04 Å². The lowest BCUT2D eigenvalue weighted by atomic mass is 9.96. The molecule has 104 valence electrons. The van der Waals surface area contributed by atoms with Crippen molar-refractivity contribution in [3.05, 3.63) is 41.7 Å². The van der Waals surface area contributed by atoms with E-state index < -0.39 is 0 Å². The molecule has 0 saturated carbocycles. The third-order valence-corrected chi connectivity index (χ3v) is 3.64. The van der Waals surface area contributed by atoms with E-state index in [4.69, 9.17) is 9.47 Å². The van der Waals surface area contributed by atoms with Crippen LogP contribution in [0.2, 0.25) is 0 Å². The van der Waals surface area contributed by atoms with E-state index in [1.165, 1.54) is 11.1 Å². The van der Waals surface area contributed by atoms with Crippen LogP contribution in [0.25, 0.3) is 0 Å². The summed E-state index contributed by atoms with van der Waals surface area (Å²) in [4.78, 5) is 0. The van der Waals surface area contributed by atoms with Crippen LogP contribution in [0.4, 0.5) is 0 Å². The number of ether oxygens (including phenoxy) is 2. The van der Waals surface area contributed by atoms with Gasteiger partial charge in [-0.3, -0.25) is 0 Å². The van der Waals surface area contributed by atoms with Gasteiger partial charge in [0.2, 0.25) is 0 Å². The molecule has 1 atom stereocenters. The summed E-state index contributed by atoms with van der Waals surface area (Å²) < 4.78 is 10.6. The number of aryl methyl sites for hydroxylation is 1. The van der Waals surface area contributed by atoms with Gasteiger partial charge in [-0.25, -0.2) is 0 Å². The van der Waals surface area contributed by atoms with E-state index in [-0.39, 0.29) is 0 Å². The minimum atomic E-state index is 0.419. The molecule has 0 saturated heterocycles. The second-order valence-electron chi connectivity index (χ2n) is 4.90. The van der Waals surface area contributed by atoms with Crippen molar-refractivity contribution < 1.29 is 9.47 Å². The Hall–Kier alpha value is -1.48. The summed E-state index contributed by atoms with van der Waals surface area (Å²) >= 11 is 0. The first kappa shape index (κ1) is 13.9. The van der Waals surface area contributed by atoms with Gasteiger partial charge in [0.1, 0.15) is 5.75 Å². The second-order valence-corrected chi connectivity index (χ2v) is 4.90. The smallest absolute Gasteiger partial charge is 0.118 e. The Morgan fingerprint density at radius 3 is 2.68 bits per heavy atom. The average molecular weight is 261 g/mol. The van der Waals surface area contributed by atoms with E-state index in [0.29, 0.717) is 6.04 Å². The third kappa shape index (κ3) is 4.00. The van der Waals surface area contributed by atoms with Crippen molar-refractivity contribution >= 4 is 0 Å². The largest absolute Gasteiger partial charge is 0.501 e. The summed E-state index contributed by atoms with van der Waals surface area (Å²) in [5.74, 6) is 0.914. The van der Waals surface area contributed by atoms with Crippen LogP contribution in [-0.4, -0.2) is 26.8 Å². The highest BCUT2D eigenvalue weighted by Gasteiger charge is 2.15. The zero-order valence-electron chi connectivity index (χ0n) is 11.8. The van der Waals surface area contributed by atoms with Crippen LogP contribution in [0, 0.1) is 0 Å². The summed E-state index contributed by atoms with van der Waals surface area (Å²) in [6.45, 7) is 0.860. The van der Waals surface area contributed by atoms with E-state index >= 15 is 0 Å². The van der Waals surface area contributed by atoms with Crippen molar-refractivity contribution in [1.82, 2.24) is 5.32 Å². The van der Waals surface area contributed by atoms with Crippen LogP contribution in [0.3, 0.4) is 0 Å². The highest BCUT2D eigenvalue weighted by Crippen LogP contribution is 2.20. The minimum absolute atomic E-state index is 0.419. The summed E-state index contributed by atoms with van der Waals surface area (Å²) in [5, 5.41) is 3.39. The fourth-order valence-electron chi connectivity index (χ4n) is 2.46. The maximum atomic E-state index is 5.43. The summed E-state index contributed by atoms with van der Waals surface area (Å²) in [6.07, 6.45) is 6.38. The lowest BCUT2D eigenvalue weighted by Crippen LogP contribution is -2.29. The molecule has 0 aliphatic carbocycles. The summed E-state index contributed by atoms with van der Waals surface area (Å²) in [7, 11) is 3.72. The zero-order valence-corrected chi connectivity index (χ0v) is 11.8. The lowest BCUT2D eigenvalue weighted by molar-refractivity contribution is 0.219. The molecule has 19 heavy (non-hydrogen) atoms. The Morgan fingerprint density at radius 2 is 2.11 bits per heavy atom. The molecule has 0 aromatic heterocycles. The molecule has 1 aliphatic rings. The van der Waals surface area contributed by atoms with Crippen molar-refractivity contribution in [3.8, 4) is 5.75 Å². The predicted molar refractivity (Wildman–Crippen MR) is 77.4 cm³/mol. The Bertz CT molecular complexity index is 411. The van der Waals surface area contributed by atoms with Gasteiger partial charge < -0.3 is 14.8 Å². The molecular formula is C16H23NO2. The van der Waals surface area contributed by atoms with Gasteiger partial charge in [-0.05, 0) is 56.0 Å². The number of benzene rings is 1. The Morgan fingerprint density at radius 1 is 1.32 bits per heavy atom. The quantitative estimate of drug-likeness (QED) is 0.854. The highest BCUT2D eigenvalue weighted by atomic mass is 16.5. The van der Waals surface area contributed by atoms with E-state index in [2.05, 4.69) is 17.4 Å². The molecule has 3 nitrogen and oxygen atoms in total. The standard InChI is InChI=1S/C16H23NO2/c1-17-16(14-4-3-11-19-12-14)10-7-13-5-8-15(18-2)9-6-13/h5-6,8-9,12,16-17H,3-4,7,10-11H2,1-2H3. The summed E-state index contributed by atoms with van der Waals surface area (Å²) in [6, 6.07) is 8.73. The van der Waals surface area contributed by atoms with Crippen molar-refractivity contribution in [2.75, 3.05) is 20.8 Å². The molecular weight excluding hydrogens is 238 g/mol. The number of nitrogens with one attached hydrogen (secondary N) is 1. The van der Waals surface area contributed by atoms with Gasteiger partial charge in [0.05, 0.1) is 20.0 Å². The molecule has 1 aliphatic heterocycles. The molecule has 1 aromatic rings. The van der Waals surface area contributed by atoms with Gasteiger partial charge in [-0.15, -0.1) is 0 Å². The molecule has 1 heterocycles. The zero-order chi connectivity index (χ0) is 13.5. The number of hydrogen-bond acceptors (Lipinski definition) is 3. The van der Waals surface area contributed by atoms with Crippen LogP contribution >= 0.6 is 0 Å². The molecule has 0 radical (unpaired) electrons. The lowest BCUT2D eigenvalue weighted by Gasteiger charge is -2.22. The topological polar surface area (TPSA) is 30.5 Å². The molecule has 3 heteroatoms. The highest BCUT2D eigenvalue weighted by molar-refractivity contribution is 5.27. The first-order chi connectivity index (χ1) is 9.33.